The first-order chi connectivity index (χ1) is 9.94. The van der Waals surface area contributed by atoms with E-state index in [9.17, 15) is 9.90 Å². The van der Waals surface area contributed by atoms with E-state index in [1.807, 2.05) is 6.92 Å². The highest BCUT2D eigenvalue weighted by molar-refractivity contribution is 5.90. The lowest BCUT2D eigenvalue weighted by atomic mass is 10.0. The van der Waals surface area contributed by atoms with Crippen molar-refractivity contribution in [3.8, 4) is 0 Å². The summed E-state index contributed by atoms with van der Waals surface area (Å²) in [6, 6.07) is 2.89. The van der Waals surface area contributed by atoms with Crippen LogP contribution in [0.1, 0.15) is 31.1 Å². The molecule has 0 saturated heterocycles. The molecule has 3 N–H and O–H groups in total. The van der Waals surface area contributed by atoms with Crippen LogP contribution >= 0.6 is 0 Å². The third kappa shape index (κ3) is 3.43. The first-order valence-corrected chi connectivity index (χ1v) is 6.70. The van der Waals surface area contributed by atoms with E-state index in [2.05, 4.69) is 15.8 Å². The zero-order valence-electron chi connectivity index (χ0n) is 12.3. The van der Waals surface area contributed by atoms with Crippen molar-refractivity contribution in [2.45, 2.75) is 32.8 Å². The Bertz CT molecular complexity index is 602. The van der Waals surface area contributed by atoms with Gasteiger partial charge in [0, 0.05) is 0 Å². The van der Waals surface area contributed by atoms with Crippen LogP contribution in [-0.2, 0) is 12.0 Å². The molecule has 0 aliphatic rings. The van der Waals surface area contributed by atoms with E-state index < -0.39 is 11.6 Å². The number of aromatic nitrogens is 1. The Balaban J connectivity index is 1.95. The van der Waals surface area contributed by atoms with Gasteiger partial charge < -0.3 is 24.7 Å². The molecule has 0 spiro atoms. The minimum Gasteiger partial charge on any atom is -0.466 e. The summed E-state index contributed by atoms with van der Waals surface area (Å²) in [5, 5.41) is 19.4. The van der Waals surface area contributed by atoms with Gasteiger partial charge in [-0.3, -0.25) is 0 Å². The zero-order chi connectivity index (χ0) is 15.5. The Kier molecular flexibility index (Phi) is 4.32. The van der Waals surface area contributed by atoms with E-state index in [0.717, 1.165) is 0 Å². The minimum atomic E-state index is -1.28. The van der Waals surface area contributed by atoms with Crippen LogP contribution in [0.15, 0.2) is 27.3 Å². The van der Waals surface area contributed by atoms with Crippen LogP contribution in [0.3, 0.4) is 0 Å². The molecule has 0 fully saturated rings. The van der Waals surface area contributed by atoms with Gasteiger partial charge in [-0.1, -0.05) is 12.1 Å². The maximum Gasteiger partial charge on any atom is 0.319 e. The van der Waals surface area contributed by atoms with Gasteiger partial charge in [-0.05, 0) is 32.4 Å². The molecule has 0 saturated carbocycles. The molecule has 2 aromatic heterocycles. The Hall–Kier alpha value is -2.28. The van der Waals surface area contributed by atoms with E-state index in [1.54, 1.807) is 26.0 Å². The number of carbonyl (C=O) groups excluding carboxylic acids is 1. The average Bonchev–Trinajstić information content (AvgIpc) is 3.08. The maximum absolute atomic E-state index is 11.9. The molecule has 7 nitrogen and oxygen atoms in total. The largest absolute Gasteiger partial charge is 0.466 e. The topological polar surface area (TPSA) is 101 Å². The van der Waals surface area contributed by atoms with E-state index in [4.69, 9.17) is 8.94 Å². The van der Waals surface area contributed by atoms with Gasteiger partial charge in [0.05, 0.1) is 12.8 Å². The van der Waals surface area contributed by atoms with Gasteiger partial charge >= 0.3 is 6.03 Å². The Morgan fingerprint density at radius 2 is 2.29 bits per heavy atom. The van der Waals surface area contributed by atoms with Gasteiger partial charge in [0.2, 0.25) is 0 Å². The molecule has 114 valence electrons. The second-order valence-electron chi connectivity index (χ2n) is 4.97. The molecule has 0 aliphatic carbocycles. The Labute approximate surface area is 122 Å². The molecule has 2 aromatic rings. The van der Waals surface area contributed by atoms with Crippen molar-refractivity contribution in [2.75, 3.05) is 11.9 Å². The number of hydrogen-bond acceptors (Lipinski definition) is 5. The highest BCUT2D eigenvalue weighted by atomic mass is 16.5. The van der Waals surface area contributed by atoms with Gasteiger partial charge in [0.15, 0.2) is 5.76 Å². The summed E-state index contributed by atoms with van der Waals surface area (Å²) >= 11 is 0. The molecule has 1 atom stereocenters. The molecule has 1 unspecified atom stereocenters. The van der Waals surface area contributed by atoms with Crippen molar-refractivity contribution in [3.63, 3.8) is 0 Å². The molecule has 2 amide bonds. The number of rotatable bonds is 5. The number of aryl methyl sites for hydroxylation is 2. The predicted octanol–water partition coefficient (Wildman–Crippen LogP) is 2.17. The van der Waals surface area contributed by atoms with E-state index >= 15 is 0 Å². The third-order valence-electron chi connectivity index (χ3n) is 3.15. The van der Waals surface area contributed by atoms with Crippen molar-refractivity contribution in [2.24, 2.45) is 0 Å². The van der Waals surface area contributed by atoms with Crippen molar-refractivity contribution >= 4 is 11.7 Å². The molecule has 0 radical (unpaired) electrons. The fourth-order valence-corrected chi connectivity index (χ4v) is 1.90. The number of urea groups is 1. The van der Waals surface area contributed by atoms with Crippen LogP contribution in [0.2, 0.25) is 0 Å². The molecule has 0 bridgehead atoms. The van der Waals surface area contributed by atoms with Crippen LogP contribution in [0, 0.1) is 6.92 Å². The zero-order valence-corrected chi connectivity index (χ0v) is 12.3. The fourth-order valence-electron chi connectivity index (χ4n) is 1.90. The van der Waals surface area contributed by atoms with Crippen LogP contribution < -0.4 is 10.6 Å². The van der Waals surface area contributed by atoms with Crippen LogP contribution in [-0.4, -0.2) is 22.8 Å². The van der Waals surface area contributed by atoms with Crippen LogP contribution in [0.4, 0.5) is 10.5 Å². The molecular formula is C14H19N3O4. The van der Waals surface area contributed by atoms with Crippen molar-refractivity contribution in [3.05, 3.63) is 35.6 Å². The SMILES string of the molecule is CCc1noc(C)c1NC(=O)NCC(C)(O)c1ccco1. The van der Waals surface area contributed by atoms with Crippen LogP contribution in [0.25, 0.3) is 0 Å². The summed E-state index contributed by atoms with van der Waals surface area (Å²) in [6.45, 7) is 5.22. The number of aliphatic hydroxyl groups is 1. The quantitative estimate of drug-likeness (QED) is 0.784. The number of carbonyl (C=O) groups is 1. The molecule has 0 aromatic carbocycles. The monoisotopic (exact) mass is 293 g/mol. The van der Waals surface area contributed by atoms with Crippen molar-refractivity contribution < 1.29 is 18.8 Å². The summed E-state index contributed by atoms with van der Waals surface area (Å²) in [5.41, 5.74) is -0.0360. The Morgan fingerprint density at radius 3 is 2.90 bits per heavy atom. The lowest BCUT2D eigenvalue weighted by Crippen LogP contribution is -2.40. The number of amides is 2. The number of nitrogens with zero attached hydrogens (tertiary/aromatic N) is 1. The maximum atomic E-state index is 11.9. The lowest BCUT2D eigenvalue weighted by molar-refractivity contribution is 0.0372. The van der Waals surface area contributed by atoms with Crippen molar-refractivity contribution in [1.82, 2.24) is 10.5 Å². The third-order valence-corrected chi connectivity index (χ3v) is 3.15. The average molecular weight is 293 g/mol. The van der Waals surface area contributed by atoms with Crippen molar-refractivity contribution in [1.29, 1.82) is 0 Å². The molecule has 0 aliphatic heterocycles. The van der Waals surface area contributed by atoms with Gasteiger partial charge in [0.25, 0.3) is 0 Å². The summed E-state index contributed by atoms with van der Waals surface area (Å²) < 4.78 is 10.2. The van der Waals surface area contributed by atoms with Gasteiger partial charge in [0.1, 0.15) is 22.7 Å². The summed E-state index contributed by atoms with van der Waals surface area (Å²) in [7, 11) is 0. The van der Waals surface area contributed by atoms with E-state index in [0.29, 0.717) is 29.3 Å². The first-order valence-electron chi connectivity index (χ1n) is 6.70. The fraction of sp³-hybridized carbons (Fsp3) is 0.429. The number of hydrogen-bond donors (Lipinski definition) is 3. The lowest BCUT2D eigenvalue weighted by Gasteiger charge is -2.21. The number of furan rings is 1. The first kappa shape index (κ1) is 15.1. The molecule has 2 rings (SSSR count). The van der Waals surface area contributed by atoms with E-state index in [-0.39, 0.29) is 6.54 Å². The highest BCUT2D eigenvalue weighted by Crippen LogP contribution is 2.21. The second-order valence-corrected chi connectivity index (χ2v) is 4.97. The standard InChI is InChI=1S/C14H19N3O4/c1-4-10-12(9(2)21-17-10)16-13(18)15-8-14(3,19)11-6-5-7-20-11/h5-7,19H,4,8H2,1-3H3,(H2,15,16,18). The second kappa shape index (κ2) is 6.01. The van der Waals surface area contributed by atoms with E-state index in [1.165, 1.54) is 6.26 Å². The minimum absolute atomic E-state index is 0.0120. The number of anilines is 1. The molecular weight excluding hydrogens is 274 g/mol. The summed E-state index contributed by atoms with van der Waals surface area (Å²) in [6.07, 6.45) is 2.12. The molecule has 7 heteroatoms. The molecule has 21 heavy (non-hydrogen) atoms. The normalized spacial score (nSPS) is 13.7. The summed E-state index contributed by atoms with van der Waals surface area (Å²) in [4.78, 5) is 11.9. The van der Waals surface area contributed by atoms with Gasteiger partial charge in [-0.15, -0.1) is 0 Å². The predicted molar refractivity (Wildman–Crippen MR) is 75.9 cm³/mol. The van der Waals surface area contributed by atoms with Gasteiger partial charge in [-0.25, -0.2) is 4.79 Å². The number of nitrogens with one attached hydrogen (secondary N) is 2. The van der Waals surface area contributed by atoms with Crippen LogP contribution in [0.5, 0.6) is 0 Å². The van der Waals surface area contributed by atoms with Gasteiger partial charge in [-0.2, -0.15) is 0 Å². The Morgan fingerprint density at radius 1 is 1.52 bits per heavy atom. The molecule has 2 heterocycles. The smallest absolute Gasteiger partial charge is 0.319 e. The highest BCUT2D eigenvalue weighted by Gasteiger charge is 2.27. The summed E-state index contributed by atoms with van der Waals surface area (Å²) in [5.74, 6) is 0.929.